The van der Waals surface area contributed by atoms with E-state index in [0.29, 0.717) is 51.8 Å². The first-order valence-electron chi connectivity index (χ1n) is 15.3. The summed E-state index contributed by atoms with van der Waals surface area (Å²) >= 11 is 7.41. The molecule has 1 aliphatic carbocycles. The number of ether oxygens (including phenoxy) is 2. The fraction of sp³-hybridized carbons (Fsp3) is 0.303. The Hall–Kier alpha value is -4.33. The first-order chi connectivity index (χ1) is 22.8. The number of aromatic nitrogens is 5. The van der Waals surface area contributed by atoms with Crippen LogP contribution in [0.1, 0.15) is 71.0 Å². The number of tetrazole rings is 1. The average molecular weight is 693 g/mol. The number of halogens is 1. The molecule has 0 spiro atoms. The fourth-order valence-corrected chi connectivity index (χ4v) is 7.64. The molecule has 0 bridgehead atoms. The van der Waals surface area contributed by atoms with Crippen molar-refractivity contribution in [1.82, 2.24) is 25.6 Å². The molecule has 1 aliphatic rings. The van der Waals surface area contributed by atoms with Crippen LogP contribution in [0.3, 0.4) is 0 Å². The van der Waals surface area contributed by atoms with Crippen molar-refractivity contribution in [1.29, 1.82) is 0 Å². The second-order valence-electron chi connectivity index (χ2n) is 11.3. The van der Waals surface area contributed by atoms with Crippen molar-refractivity contribution in [3.63, 3.8) is 0 Å². The van der Waals surface area contributed by atoms with Crippen molar-refractivity contribution < 1.29 is 22.7 Å². The van der Waals surface area contributed by atoms with Gasteiger partial charge in [-0.1, -0.05) is 54.0 Å². The third-order valence-corrected chi connectivity index (χ3v) is 10.8. The minimum Gasteiger partial charge on any atom is -0.483 e. The highest BCUT2D eigenvalue weighted by Crippen LogP contribution is 2.36. The number of aromatic amines is 1. The highest BCUT2D eigenvalue weighted by Gasteiger charge is 2.20. The molecule has 3 aromatic carbocycles. The van der Waals surface area contributed by atoms with E-state index in [1.54, 1.807) is 36.4 Å². The normalized spacial score (nSPS) is 13.5. The molecular weight excluding hydrogens is 660 g/mol. The summed E-state index contributed by atoms with van der Waals surface area (Å²) in [4.78, 5) is 18.4. The van der Waals surface area contributed by atoms with E-state index in [4.69, 9.17) is 21.1 Å². The summed E-state index contributed by atoms with van der Waals surface area (Å²) in [6, 6.07) is 18.7. The third kappa shape index (κ3) is 8.73. The van der Waals surface area contributed by atoms with Gasteiger partial charge in [0.25, 0.3) is 11.1 Å². The van der Waals surface area contributed by atoms with Gasteiger partial charge in [-0.15, -0.1) is 5.10 Å². The number of amides is 1. The number of rotatable bonds is 14. The van der Waals surface area contributed by atoms with E-state index in [-0.39, 0.29) is 29.8 Å². The van der Waals surface area contributed by atoms with E-state index < -0.39 is 9.84 Å². The summed E-state index contributed by atoms with van der Waals surface area (Å²) in [6.07, 6.45) is 5.71. The predicted molar refractivity (Wildman–Crippen MR) is 179 cm³/mol. The van der Waals surface area contributed by atoms with Gasteiger partial charge in [-0.3, -0.25) is 4.79 Å². The van der Waals surface area contributed by atoms with Gasteiger partial charge < -0.3 is 14.8 Å². The van der Waals surface area contributed by atoms with Gasteiger partial charge in [0.15, 0.2) is 15.7 Å². The van der Waals surface area contributed by atoms with Crippen LogP contribution in [-0.4, -0.2) is 45.7 Å². The first kappa shape index (κ1) is 32.6. The number of anilines is 1. The number of hydrogen-bond acceptors (Lipinski definition) is 10. The lowest BCUT2D eigenvalue weighted by Gasteiger charge is -2.14. The molecule has 0 aliphatic heterocycles. The number of carbonyl (C=O) groups excluding carboxylic acids is 1. The maximum absolute atomic E-state index is 13.5. The minimum atomic E-state index is -3.47. The number of carbonyl (C=O) groups is 1. The Morgan fingerprint density at radius 2 is 1.83 bits per heavy atom. The molecule has 2 aromatic heterocycles. The maximum atomic E-state index is 13.5. The summed E-state index contributed by atoms with van der Waals surface area (Å²) < 4.78 is 37.5. The van der Waals surface area contributed by atoms with Gasteiger partial charge in [0.2, 0.25) is 0 Å². The molecule has 11 nitrogen and oxygen atoms in total. The predicted octanol–water partition coefficient (Wildman–Crippen LogP) is 6.78. The summed E-state index contributed by atoms with van der Waals surface area (Å²) in [6.45, 7) is 0.341. The van der Waals surface area contributed by atoms with Crippen LogP contribution in [-0.2, 0) is 29.5 Å². The van der Waals surface area contributed by atoms with Crippen LogP contribution in [0.5, 0.6) is 10.9 Å². The topological polar surface area (TPSA) is 149 Å². The Kier molecular flexibility index (Phi) is 10.4. The summed E-state index contributed by atoms with van der Waals surface area (Å²) in [7, 11) is -3.47. The number of aryl methyl sites for hydroxylation is 1. The van der Waals surface area contributed by atoms with Crippen molar-refractivity contribution in [3.8, 4) is 10.9 Å². The van der Waals surface area contributed by atoms with Crippen LogP contribution in [0, 0.1) is 0 Å². The van der Waals surface area contributed by atoms with Crippen LogP contribution in [0.15, 0.2) is 77.0 Å². The lowest BCUT2D eigenvalue weighted by molar-refractivity contribution is 0.102. The lowest BCUT2D eigenvalue weighted by atomic mass is 10.1. The van der Waals surface area contributed by atoms with Crippen molar-refractivity contribution in [2.24, 2.45) is 0 Å². The number of nitrogens with one attached hydrogen (secondary N) is 2. The van der Waals surface area contributed by atoms with Crippen LogP contribution in [0.4, 0.5) is 5.69 Å². The van der Waals surface area contributed by atoms with Gasteiger partial charge in [-0.05, 0) is 95.8 Å². The van der Waals surface area contributed by atoms with Gasteiger partial charge in [-0.25, -0.2) is 18.5 Å². The molecule has 244 valence electrons. The largest absolute Gasteiger partial charge is 0.483 e. The van der Waals surface area contributed by atoms with E-state index in [9.17, 15) is 13.2 Å². The molecule has 2 N–H and O–H groups in total. The Morgan fingerprint density at radius 1 is 1.00 bits per heavy atom. The maximum Gasteiger partial charge on any atom is 0.273 e. The van der Waals surface area contributed by atoms with Gasteiger partial charge in [0, 0.05) is 21.9 Å². The highest BCUT2D eigenvalue weighted by molar-refractivity contribution is 7.91. The number of benzene rings is 3. The molecule has 47 heavy (non-hydrogen) atoms. The third-order valence-electron chi connectivity index (χ3n) is 7.92. The van der Waals surface area contributed by atoms with Crippen LogP contribution in [0.25, 0.3) is 0 Å². The molecule has 6 rings (SSSR count). The Labute approximate surface area is 281 Å². The summed E-state index contributed by atoms with van der Waals surface area (Å²) in [5, 5.41) is 19.8. The summed E-state index contributed by atoms with van der Waals surface area (Å²) in [5.74, 6) is 0.983. The smallest absolute Gasteiger partial charge is 0.273 e. The average Bonchev–Trinajstić information content (AvgIpc) is 3.87. The Bertz CT molecular complexity index is 1910. The second kappa shape index (κ2) is 15.1. The highest BCUT2D eigenvalue weighted by atomic mass is 35.5. The molecule has 1 fully saturated rings. The first-order valence-corrected chi connectivity index (χ1v) is 18.2. The standard InChI is InChI=1S/C33H33ClN6O5S2/c34-26-11-13-27(14-12-26)47(42,43)16-4-6-22-10-15-30(44-20-31-37-39-40-38-31)28(18-22)35-32(41)25-9-3-5-23(17-25)19-45-33-36-29(21-46-33)24-7-1-2-8-24/h3,5,9-15,17-18,21,24H,1-2,4,6-8,16,19-20H2,(H,35,41)(H,37,38,39,40). The number of nitrogens with zero attached hydrogens (tertiary/aromatic N) is 4. The van der Waals surface area contributed by atoms with E-state index in [1.807, 2.05) is 18.2 Å². The molecule has 0 atom stereocenters. The number of hydrogen-bond donors (Lipinski definition) is 2. The number of H-pyrrole nitrogens is 1. The lowest BCUT2D eigenvalue weighted by Crippen LogP contribution is -2.14. The minimum absolute atomic E-state index is 0.0369. The molecule has 5 aromatic rings. The zero-order valence-electron chi connectivity index (χ0n) is 25.4. The molecule has 0 saturated heterocycles. The molecule has 1 saturated carbocycles. The van der Waals surface area contributed by atoms with Crippen molar-refractivity contribution in [3.05, 3.63) is 105 Å². The zero-order chi connectivity index (χ0) is 32.6. The number of thiazole rings is 1. The van der Waals surface area contributed by atoms with Gasteiger partial charge in [-0.2, -0.15) is 0 Å². The van der Waals surface area contributed by atoms with Crippen molar-refractivity contribution in [2.45, 2.75) is 62.6 Å². The van der Waals surface area contributed by atoms with E-state index in [0.717, 1.165) is 16.8 Å². The fourth-order valence-electron chi connectivity index (χ4n) is 5.45. The number of sulfone groups is 1. The van der Waals surface area contributed by atoms with Crippen LogP contribution >= 0.6 is 22.9 Å². The van der Waals surface area contributed by atoms with E-state index >= 15 is 0 Å². The Morgan fingerprint density at radius 3 is 2.62 bits per heavy atom. The summed E-state index contributed by atoms with van der Waals surface area (Å²) in [5.41, 5.74) is 3.66. The van der Waals surface area contributed by atoms with Gasteiger partial charge in [0.05, 0.1) is 22.0 Å². The van der Waals surface area contributed by atoms with Gasteiger partial charge >= 0.3 is 0 Å². The van der Waals surface area contributed by atoms with Crippen LogP contribution in [0.2, 0.25) is 5.02 Å². The molecule has 0 radical (unpaired) electrons. The molecular formula is C33H33ClN6O5S2. The molecule has 0 unspecified atom stereocenters. The molecule has 2 heterocycles. The zero-order valence-corrected chi connectivity index (χ0v) is 27.8. The van der Waals surface area contributed by atoms with E-state index in [1.165, 1.54) is 49.2 Å². The van der Waals surface area contributed by atoms with Crippen molar-refractivity contribution >= 4 is 44.4 Å². The molecule has 14 heteroatoms. The second-order valence-corrected chi connectivity index (χ2v) is 14.7. The monoisotopic (exact) mass is 692 g/mol. The van der Waals surface area contributed by atoms with Crippen molar-refractivity contribution in [2.75, 3.05) is 11.1 Å². The SMILES string of the molecule is O=C(Nc1cc(CCCS(=O)(=O)c2ccc(Cl)cc2)ccc1OCc1nnn[nH]1)c1cccc(COc2nc(C3CCCC3)cs2)c1. The quantitative estimate of drug-likeness (QED) is 0.128. The van der Waals surface area contributed by atoms with Gasteiger partial charge in [0.1, 0.15) is 19.0 Å². The molecule has 1 amide bonds. The van der Waals surface area contributed by atoms with Crippen LogP contribution < -0.4 is 14.8 Å². The Balaban J connectivity index is 1.12. The van der Waals surface area contributed by atoms with E-state index in [2.05, 4.69) is 36.3 Å².